The molecule has 0 spiro atoms. The first-order valence-electron chi connectivity index (χ1n) is 0.816. The summed E-state index contributed by atoms with van der Waals surface area (Å²) in [6.07, 6.45) is 0. The summed E-state index contributed by atoms with van der Waals surface area (Å²) in [7, 11) is -5.61. The smallest absolute Gasteiger partial charge is 0.894 e. The van der Waals surface area contributed by atoms with Gasteiger partial charge in [0, 0.05) is 0 Å². The van der Waals surface area contributed by atoms with Crippen molar-refractivity contribution in [2.75, 3.05) is 0 Å². The molecule has 0 rings (SSSR count). The van der Waals surface area contributed by atoms with Gasteiger partial charge in [0.2, 0.25) is 0 Å². The fourth-order valence-corrected chi connectivity index (χ4v) is 0. The van der Waals surface area contributed by atoms with Gasteiger partial charge in [-0.25, -0.2) is 0 Å². The maximum Gasteiger partial charge on any atom is 4.00 e. The molecule has 0 heterocycles. The van der Waals surface area contributed by atoms with Crippen LogP contribution in [0, 0.1) is 0 Å². The first kappa shape index (κ1) is 29.6. The number of hydrogen-bond donors (Lipinski definition) is 0. The molecular formula is AlCaFeO4SiTi+7. The molecule has 0 unspecified atom stereocenters. The van der Waals surface area contributed by atoms with E-state index in [2.05, 4.69) is 0 Å². The zero-order valence-electron chi connectivity index (χ0n) is 4.27. The molecule has 0 aliphatic rings. The van der Waals surface area contributed by atoms with E-state index in [4.69, 9.17) is 19.2 Å². The Balaban J connectivity index is -0.0000000133. The van der Waals surface area contributed by atoms with Crippen molar-refractivity contribution in [2.24, 2.45) is 0 Å². The second-order valence-electron chi connectivity index (χ2n) is 0.500. The van der Waals surface area contributed by atoms with Crippen LogP contribution in [0.3, 0.4) is 0 Å². The third-order valence-electron chi connectivity index (χ3n) is 0. The Hall–Kier alpha value is 3.08. The number of rotatable bonds is 0. The monoisotopic (exact) mass is 263 g/mol. The number of hydrogen-bond acceptors (Lipinski definition) is 4. The van der Waals surface area contributed by atoms with Gasteiger partial charge in [0.1, 0.15) is 0 Å². The summed E-state index contributed by atoms with van der Waals surface area (Å²) in [6.45, 7) is 0. The molecule has 0 aromatic carbocycles. The summed E-state index contributed by atoms with van der Waals surface area (Å²) in [5, 5.41) is 0. The van der Waals surface area contributed by atoms with Gasteiger partial charge in [-0.05, 0) is 0 Å². The van der Waals surface area contributed by atoms with Crippen LogP contribution in [0.5, 0.6) is 0 Å². The molecule has 0 aliphatic heterocycles. The molecule has 9 heteroatoms. The predicted molar refractivity (Wildman–Crippen MR) is 17.3 cm³/mol. The summed E-state index contributed by atoms with van der Waals surface area (Å²) >= 11 is 0. The average Bonchev–Trinajstić information content (AvgIpc) is 0.722. The van der Waals surface area contributed by atoms with Crippen LogP contribution >= 0.6 is 0 Å². The predicted octanol–water partition coefficient (Wildman–Crippen LogP) is -5.90. The second-order valence-corrected chi connectivity index (χ2v) is 1.50. The summed E-state index contributed by atoms with van der Waals surface area (Å²) in [5.41, 5.74) is 0. The van der Waals surface area contributed by atoms with E-state index in [0.29, 0.717) is 0 Å². The van der Waals surface area contributed by atoms with E-state index >= 15 is 0 Å². The van der Waals surface area contributed by atoms with Crippen molar-refractivity contribution >= 4 is 64.1 Å². The van der Waals surface area contributed by atoms with Crippen LogP contribution < -0.4 is 19.2 Å². The molecule has 0 aromatic rings. The molecule has 0 saturated carbocycles. The van der Waals surface area contributed by atoms with Crippen molar-refractivity contribution in [3.8, 4) is 0 Å². The Morgan fingerprint density at radius 3 is 0.889 bits per heavy atom. The molecule has 0 atom stereocenters. The zero-order chi connectivity index (χ0) is 4.50. The van der Waals surface area contributed by atoms with E-state index in [1.165, 1.54) is 0 Å². The van der Waals surface area contributed by atoms with E-state index in [9.17, 15) is 0 Å². The first-order chi connectivity index (χ1) is 2.00. The maximum absolute atomic E-state index is 8.58. The molecule has 0 amide bonds. The molecule has 0 aromatic heterocycles. The van der Waals surface area contributed by atoms with Gasteiger partial charge < -0.3 is 28.2 Å². The molecule has 0 fully saturated rings. The van der Waals surface area contributed by atoms with Gasteiger partial charge >= 0.3 is 93.9 Å². The van der Waals surface area contributed by atoms with E-state index in [1.54, 1.807) is 0 Å². The topological polar surface area (TPSA) is 92.2 Å². The van der Waals surface area contributed by atoms with Gasteiger partial charge in [-0.2, -0.15) is 0 Å². The van der Waals surface area contributed by atoms with Gasteiger partial charge in [-0.1, -0.05) is 0 Å². The van der Waals surface area contributed by atoms with Gasteiger partial charge in [0.15, 0.2) is 0 Å². The fraction of sp³-hybridized carbons (Fsp3) is 0. The summed E-state index contributed by atoms with van der Waals surface area (Å²) in [4.78, 5) is 34.3. The fourth-order valence-electron chi connectivity index (χ4n) is 0. The molecule has 4 nitrogen and oxygen atoms in total. The SMILES string of the molecule is [Al+3].[Ca+2].[Fe+2].[O-][Si]([O-])([O-])[O-].[Ti+4]. The summed E-state index contributed by atoms with van der Waals surface area (Å²) < 4.78 is 0. The summed E-state index contributed by atoms with van der Waals surface area (Å²) in [5.74, 6) is 0. The minimum atomic E-state index is -5.61. The van der Waals surface area contributed by atoms with E-state index in [0.717, 1.165) is 0 Å². The molecule has 0 aliphatic carbocycles. The second kappa shape index (κ2) is 13.7. The Kier molecular flexibility index (Phi) is 44.9. The molecule has 38 valence electrons. The normalized spacial score (nSPS) is 6.67. The molecule has 9 heavy (non-hydrogen) atoms. The standard InChI is InChI=1S/Al.Ca.Fe.O4Si.Ti/c;;;1-5(2,3)4;/q+3;2*+2;-4;+4. The first-order valence-corrected chi connectivity index (χ1v) is 2.45. The van der Waals surface area contributed by atoms with Crippen LogP contribution in [0.2, 0.25) is 0 Å². The third kappa shape index (κ3) is 96.2. The molecule has 0 N–H and O–H groups in total. The maximum atomic E-state index is 8.58. The van der Waals surface area contributed by atoms with E-state index in [-0.39, 0.29) is 93.9 Å². The Labute approximate surface area is 120 Å². The van der Waals surface area contributed by atoms with Crippen LogP contribution in [0.15, 0.2) is 0 Å². The Bertz CT molecular complexity index is 36.0. The van der Waals surface area contributed by atoms with Gasteiger partial charge in [0.25, 0.3) is 0 Å². The minimum Gasteiger partial charge on any atom is -0.894 e. The summed E-state index contributed by atoms with van der Waals surface area (Å²) in [6, 6.07) is 0. The Morgan fingerprint density at radius 2 is 0.889 bits per heavy atom. The van der Waals surface area contributed by atoms with E-state index in [1.807, 2.05) is 0 Å². The minimum absolute atomic E-state index is 0. The third-order valence-corrected chi connectivity index (χ3v) is 0. The van der Waals surface area contributed by atoms with Crippen LogP contribution in [-0.4, -0.2) is 64.1 Å². The quantitative estimate of drug-likeness (QED) is 0.407. The van der Waals surface area contributed by atoms with Crippen molar-refractivity contribution in [1.29, 1.82) is 0 Å². The van der Waals surface area contributed by atoms with Gasteiger partial charge in [-0.15, -0.1) is 0 Å². The average molecular weight is 263 g/mol. The molecule has 0 bridgehead atoms. The largest absolute Gasteiger partial charge is 4.00 e. The zero-order valence-corrected chi connectivity index (χ0v) is 11.3. The van der Waals surface area contributed by atoms with Crippen molar-refractivity contribution in [1.82, 2.24) is 0 Å². The van der Waals surface area contributed by atoms with E-state index < -0.39 is 9.05 Å². The van der Waals surface area contributed by atoms with Gasteiger partial charge in [-0.3, -0.25) is 0 Å². The van der Waals surface area contributed by atoms with Gasteiger partial charge in [0.05, 0.1) is 0 Å². The van der Waals surface area contributed by atoms with Crippen molar-refractivity contribution in [3.63, 3.8) is 0 Å². The van der Waals surface area contributed by atoms with Crippen molar-refractivity contribution < 1.29 is 58.0 Å². The van der Waals surface area contributed by atoms with Crippen molar-refractivity contribution in [2.45, 2.75) is 0 Å². The van der Waals surface area contributed by atoms with Crippen molar-refractivity contribution in [3.05, 3.63) is 0 Å². The van der Waals surface area contributed by atoms with Crippen LogP contribution in [-0.2, 0) is 38.8 Å². The van der Waals surface area contributed by atoms with Crippen LogP contribution in [0.1, 0.15) is 0 Å². The van der Waals surface area contributed by atoms with Crippen LogP contribution in [0.4, 0.5) is 0 Å². The molecule has 0 saturated heterocycles. The molecule has 0 radical (unpaired) electrons. The Morgan fingerprint density at radius 1 is 0.889 bits per heavy atom. The van der Waals surface area contributed by atoms with Crippen LogP contribution in [0.25, 0.3) is 0 Å². The molecular weight excluding hydrogens is 263 g/mol.